The van der Waals surface area contributed by atoms with Gasteiger partial charge in [0.1, 0.15) is 0 Å². The summed E-state index contributed by atoms with van der Waals surface area (Å²) in [5, 5.41) is 0.645. The molecule has 0 N–H and O–H groups in total. The Hall–Kier alpha value is -2.37. The number of hydrogen-bond acceptors (Lipinski definition) is 3. The van der Waals surface area contributed by atoms with E-state index in [0.29, 0.717) is 18.1 Å². The number of halogens is 1. The largest absolute Gasteiger partial charge is 0.339 e. The first-order valence-corrected chi connectivity index (χ1v) is 10.3. The molecule has 3 rings (SSSR count). The van der Waals surface area contributed by atoms with E-state index in [1.54, 1.807) is 19.2 Å². The quantitative estimate of drug-likeness (QED) is 0.731. The van der Waals surface area contributed by atoms with E-state index in [4.69, 9.17) is 11.6 Å². The molecule has 0 atom stereocenters. The van der Waals surface area contributed by atoms with Gasteiger partial charge in [-0.15, -0.1) is 0 Å². The minimum atomic E-state index is -0.0706. The molecule has 0 bridgehead atoms. The molecule has 2 amide bonds. The maximum Gasteiger partial charge on any atom is 0.242 e. The predicted molar refractivity (Wildman–Crippen MR) is 116 cm³/mol. The molecule has 5 nitrogen and oxygen atoms in total. The van der Waals surface area contributed by atoms with Crippen LogP contribution in [0.2, 0.25) is 5.02 Å². The number of piperazine rings is 1. The molecule has 0 saturated carbocycles. The molecule has 0 spiro atoms. The van der Waals surface area contributed by atoms with Gasteiger partial charge in [0, 0.05) is 44.8 Å². The average molecular weight is 414 g/mol. The van der Waals surface area contributed by atoms with Crippen molar-refractivity contribution in [3.63, 3.8) is 0 Å². The lowest BCUT2D eigenvalue weighted by Crippen LogP contribution is -2.51. The number of hydrogen-bond donors (Lipinski definition) is 0. The van der Waals surface area contributed by atoms with Gasteiger partial charge in [-0.05, 0) is 30.2 Å². The summed E-state index contributed by atoms with van der Waals surface area (Å²) in [5.41, 5.74) is 3.46. The number of likely N-dealkylation sites (N-methyl/N-ethyl adjacent to an activating group) is 1. The Morgan fingerprint density at radius 1 is 1.00 bits per heavy atom. The molecule has 1 heterocycles. The first-order chi connectivity index (χ1) is 13.9. The normalized spacial score (nSPS) is 14.7. The number of nitrogens with zero attached hydrogens (tertiary/aromatic N) is 3. The van der Waals surface area contributed by atoms with Gasteiger partial charge < -0.3 is 9.80 Å². The van der Waals surface area contributed by atoms with Gasteiger partial charge in [0.05, 0.1) is 13.0 Å². The summed E-state index contributed by atoms with van der Waals surface area (Å²) in [6.07, 6.45) is 0.269. The van der Waals surface area contributed by atoms with Crippen molar-refractivity contribution in [1.82, 2.24) is 14.7 Å². The molecule has 2 aromatic carbocycles. The first-order valence-electron chi connectivity index (χ1n) is 9.95. The van der Waals surface area contributed by atoms with E-state index in [1.165, 1.54) is 16.0 Å². The minimum Gasteiger partial charge on any atom is -0.339 e. The summed E-state index contributed by atoms with van der Waals surface area (Å²) in [7, 11) is 1.68. The summed E-state index contributed by atoms with van der Waals surface area (Å²) in [4.78, 5) is 30.8. The van der Waals surface area contributed by atoms with Crippen molar-refractivity contribution in [3.8, 4) is 0 Å². The highest BCUT2D eigenvalue weighted by Crippen LogP contribution is 2.12. The van der Waals surface area contributed by atoms with Gasteiger partial charge in [-0.2, -0.15) is 0 Å². The molecule has 0 unspecified atom stereocenters. The van der Waals surface area contributed by atoms with Crippen LogP contribution in [-0.2, 0) is 22.6 Å². The highest BCUT2D eigenvalue weighted by molar-refractivity contribution is 6.30. The molecule has 29 heavy (non-hydrogen) atoms. The van der Waals surface area contributed by atoms with E-state index in [1.807, 2.05) is 17.0 Å². The zero-order valence-corrected chi connectivity index (χ0v) is 17.9. The maximum atomic E-state index is 12.6. The number of carbonyl (C=O) groups is 2. The van der Waals surface area contributed by atoms with E-state index >= 15 is 0 Å². The van der Waals surface area contributed by atoms with Crippen LogP contribution in [0, 0.1) is 6.92 Å². The Morgan fingerprint density at radius 2 is 1.69 bits per heavy atom. The summed E-state index contributed by atoms with van der Waals surface area (Å²) in [6, 6.07) is 15.8. The zero-order chi connectivity index (χ0) is 20.8. The highest BCUT2D eigenvalue weighted by Gasteiger charge is 2.23. The summed E-state index contributed by atoms with van der Waals surface area (Å²) in [6.45, 7) is 6.22. The maximum absolute atomic E-state index is 12.6. The Kier molecular flexibility index (Phi) is 7.29. The van der Waals surface area contributed by atoms with Crippen LogP contribution in [0.25, 0.3) is 0 Å². The van der Waals surface area contributed by atoms with E-state index in [9.17, 15) is 9.59 Å². The third-order valence-corrected chi connectivity index (χ3v) is 5.53. The average Bonchev–Trinajstić information content (AvgIpc) is 2.70. The molecule has 1 aliphatic heterocycles. The van der Waals surface area contributed by atoms with Crippen molar-refractivity contribution in [1.29, 1.82) is 0 Å². The topological polar surface area (TPSA) is 43.9 Å². The van der Waals surface area contributed by atoms with Crippen molar-refractivity contribution in [2.45, 2.75) is 19.9 Å². The van der Waals surface area contributed by atoms with E-state index in [0.717, 1.165) is 25.2 Å². The van der Waals surface area contributed by atoms with Crippen molar-refractivity contribution < 1.29 is 9.59 Å². The molecule has 154 valence electrons. The Balaban J connectivity index is 1.44. The van der Waals surface area contributed by atoms with Crippen LogP contribution in [0.4, 0.5) is 0 Å². The molecule has 1 saturated heterocycles. The molecular formula is C23H28ClN3O2. The van der Waals surface area contributed by atoms with Crippen LogP contribution in [0.15, 0.2) is 48.5 Å². The van der Waals surface area contributed by atoms with Crippen LogP contribution in [-0.4, -0.2) is 66.3 Å². The summed E-state index contributed by atoms with van der Waals surface area (Å²) < 4.78 is 0. The van der Waals surface area contributed by atoms with Crippen molar-refractivity contribution in [2.24, 2.45) is 0 Å². The molecule has 0 radical (unpaired) electrons. The van der Waals surface area contributed by atoms with Gasteiger partial charge >= 0.3 is 0 Å². The van der Waals surface area contributed by atoms with Gasteiger partial charge in [0.2, 0.25) is 11.8 Å². The fraction of sp³-hybridized carbons (Fsp3) is 0.391. The Labute approximate surface area is 177 Å². The van der Waals surface area contributed by atoms with Crippen LogP contribution in [0.3, 0.4) is 0 Å². The molecule has 1 fully saturated rings. The van der Waals surface area contributed by atoms with Gasteiger partial charge in [-0.1, -0.05) is 53.6 Å². The van der Waals surface area contributed by atoms with E-state index < -0.39 is 0 Å². The number of amides is 2. The number of benzene rings is 2. The fourth-order valence-corrected chi connectivity index (χ4v) is 3.65. The summed E-state index contributed by atoms with van der Waals surface area (Å²) in [5.74, 6) is -0.0640. The zero-order valence-electron chi connectivity index (χ0n) is 17.1. The lowest BCUT2D eigenvalue weighted by atomic mass is 10.1. The molecular weight excluding hydrogens is 386 g/mol. The molecule has 6 heteroatoms. The molecule has 0 aliphatic carbocycles. The second-order valence-corrected chi connectivity index (χ2v) is 8.14. The number of carbonyl (C=O) groups excluding carboxylic acids is 2. The lowest BCUT2D eigenvalue weighted by molar-refractivity contribution is -0.140. The number of aryl methyl sites for hydroxylation is 1. The summed E-state index contributed by atoms with van der Waals surface area (Å²) >= 11 is 5.88. The highest BCUT2D eigenvalue weighted by atomic mass is 35.5. The molecule has 0 aromatic heterocycles. The fourth-order valence-electron chi connectivity index (χ4n) is 3.53. The van der Waals surface area contributed by atoms with E-state index in [-0.39, 0.29) is 24.8 Å². The van der Waals surface area contributed by atoms with Crippen LogP contribution in [0.1, 0.15) is 16.7 Å². The smallest absolute Gasteiger partial charge is 0.242 e. The van der Waals surface area contributed by atoms with Gasteiger partial charge in [-0.3, -0.25) is 14.5 Å². The third-order valence-electron chi connectivity index (χ3n) is 5.28. The van der Waals surface area contributed by atoms with Gasteiger partial charge in [0.15, 0.2) is 0 Å². The van der Waals surface area contributed by atoms with Crippen molar-refractivity contribution in [2.75, 3.05) is 39.8 Å². The monoisotopic (exact) mass is 413 g/mol. The second-order valence-electron chi connectivity index (χ2n) is 7.70. The second kappa shape index (κ2) is 9.90. The van der Waals surface area contributed by atoms with Crippen molar-refractivity contribution in [3.05, 3.63) is 70.2 Å². The third kappa shape index (κ3) is 6.31. The first kappa shape index (κ1) is 21.3. The Bertz CT molecular complexity index is 845. The minimum absolute atomic E-state index is 0.00663. The Morgan fingerprint density at radius 3 is 2.34 bits per heavy atom. The van der Waals surface area contributed by atoms with Crippen LogP contribution in [0.5, 0.6) is 0 Å². The van der Waals surface area contributed by atoms with E-state index in [2.05, 4.69) is 36.1 Å². The number of rotatable bonds is 6. The van der Waals surface area contributed by atoms with Gasteiger partial charge in [0.25, 0.3) is 0 Å². The van der Waals surface area contributed by atoms with Crippen LogP contribution < -0.4 is 0 Å². The van der Waals surface area contributed by atoms with Gasteiger partial charge in [-0.25, -0.2) is 0 Å². The lowest BCUT2D eigenvalue weighted by Gasteiger charge is -2.35. The predicted octanol–water partition coefficient (Wildman–Crippen LogP) is 2.99. The SMILES string of the molecule is Cc1cccc(CN2CCN(C(=O)CN(C)C(=O)Cc3ccc(Cl)cc3)CC2)c1. The standard InChI is InChI=1S/C23H28ClN3O2/c1-18-4-3-5-20(14-18)16-26-10-12-27(13-11-26)23(29)17-25(2)22(28)15-19-6-8-21(24)9-7-19/h3-9,14H,10-13,15-17H2,1-2H3. The van der Waals surface area contributed by atoms with Crippen molar-refractivity contribution >= 4 is 23.4 Å². The molecule has 1 aliphatic rings. The van der Waals surface area contributed by atoms with Crippen LogP contribution >= 0.6 is 11.6 Å². The molecule has 2 aromatic rings.